The molecule has 0 unspecified atom stereocenters. The molecule has 132 valence electrons. The number of halogens is 1. The number of ether oxygens (including phenoxy) is 1. The zero-order valence-electron chi connectivity index (χ0n) is 14.4. The number of rotatable bonds is 2. The number of benzene rings is 2. The summed E-state index contributed by atoms with van der Waals surface area (Å²) in [5.41, 5.74) is 3.62. The van der Waals surface area contributed by atoms with Crippen molar-refractivity contribution in [3.8, 4) is 16.9 Å². The molecular formula is C21H18ClNO3. The molecule has 0 bridgehead atoms. The van der Waals surface area contributed by atoms with Crippen LogP contribution >= 0.6 is 11.6 Å². The third-order valence-corrected chi connectivity index (χ3v) is 5.59. The van der Waals surface area contributed by atoms with Crippen molar-refractivity contribution in [2.45, 2.75) is 32.4 Å². The highest BCUT2D eigenvalue weighted by Gasteiger charge is 2.33. The van der Waals surface area contributed by atoms with Gasteiger partial charge in [0.15, 0.2) is 0 Å². The minimum absolute atomic E-state index is 0.325. The highest BCUT2D eigenvalue weighted by molar-refractivity contribution is 6.30. The van der Waals surface area contributed by atoms with E-state index in [1.165, 1.54) is 12.8 Å². The van der Waals surface area contributed by atoms with E-state index in [1.54, 1.807) is 12.1 Å². The lowest BCUT2D eigenvalue weighted by molar-refractivity contribution is 0.0885. The van der Waals surface area contributed by atoms with E-state index in [4.69, 9.17) is 20.8 Å². The fourth-order valence-corrected chi connectivity index (χ4v) is 3.89. The molecule has 1 aliphatic carbocycles. The zero-order chi connectivity index (χ0) is 17.8. The average Bonchev–Trinajstić information content (AvgIpc) is 3.48. The second kappa shape index (κ2) is 5.86. The van der Waals surface area contributed by atoms with E-state index in [2.05, 4.69) is 4.90 Å². The predicted octanol–water partition coefficient (Wildman–Crippen LogP) is 4.74. The van der Waals surface area contributed by atoms with Crippen molar-refractivity contribution >= 4 is 22.6 Å². The molecule has 5 rings (SSSR count). The van der Waals surface area contributed by atoms with Crippen molar-refractivity contribution in [3.63, 3.8) is 0 Å². The van der Waals surface area contributed by atoms with Crippen LogP contribution in [0.3, 0.4) is 0 Å². The summed E-state index contributed by atoms with van der Waals surface area (Å²) in [6.45, 7) is 3.34. The summed E-state index contributed by atoms with van der Waals surface area (Å²) in [6, 6.07) is 11.8. The first-order valence-electron chi connectivity index (χ1n) is 8.84. The Morgan fingerprint density at radius 2 is 1.88 bits per heavy atom. The molecule has 0 atom stereocenters. The molecule has 1 aliphatic heterocycles. The van der Waals surface area contributed by atoms with Gasteiger partial charge >= 0.3 is 5.63 Å². The summed E-state index contributed by atoms with van der Waals surface area (Å²) in [4.78, 5) is 15.1. The Morgan fingerprint density at radius 1 is 1.12 bits per heavy atom. The molecule has 0 saturated heterocycles. The normalized spacial score (nSPS) is 17.2. The minimum Gasteiger partial charge on any atom is -0.478 e. The molecule has 4 nitrogen and oxygen atoms in total. The third kappa shape index (κ3) is 2.52. The molecule has 2 aliphatic rings. The van der Waals surface area contributed by atoms with Crippen LogP contribution in [0.4, 0.5) is 0 Å². The first kappa shape index (κ1) is 15.9. The maximum absolute atomic E-state index is 12.8. The molecule has 0 amide bonds. The van der Waals surface area contributed by atoms with Crippen LogP contribution < -0.4 is 10.4 Å². The van der Waals surface area contributed by atoms with Gasteiger partial charge in [-0.15, -0.1) is 0 Å². The number of hydrogen-bond donors (Lipinski definition) is 0. The molecule has 2 heterocycles. The molecule has 1 fully saturated rings. The monoisotopic (exact) mass is 367 g/mol. The van der Waals surface area contributed by atoms with Crippen molar-refractivity contribution in [2.75, 3.05) is 6.73 Å². The predicted molar refractivity (Wildman–Crippen MR) is 102 cm³/mol. The Bertz CT molecular complexity index is 1070. The van der Waals surface area contributed by atoms with Gasteiger partial charge in [-0.25, -0.2) is 4.79 Å². The highest BCUT2D eigenvalue weighted by atomic mass is 35.5. The molecule has 1 aromatic heterocycles. The van der Waals surface area contributed by atoms with Crippen LogP contribution in [0.2, 0.25) is 5.02 Å². The molecule has 2 aromatic carbocycles. The first-order chi connectivity index (χ1) is 12.6. The summed E-state index contributed by atoms with van der Waals surface area (Å²) in [5.74, 6) is 0.816. The van der Waals surface area contributed by atoms with E-state index in [0.717, 1.165) is 34.4 Å². The lowest BCUT2D eigenvalue weighted by Crippen LogP contribution is -2.33. The standard InChI is InChI=1S/C21H18ClNO3/c1-12-16-8-9-18-17(10-23(11-25-18)15-6-7-15)20(16)26-21(24)19(12)13-2-4-14(22)5-3-13/h2-5,8-9,15H,6-7,10-11H2,1H3. The van der Waals surface area contributed by atoms with Crippen LogP contribution in [0.1, 0.15) is 24.0 Å². The van der Waals surface area contributed by atoms with Gasteiger partial charge < -0.3 is 9.15 Å². The average molecular weight is 368 g/mol. The molecular weight excluding hydrogens is 350 g/mol. The maximum atomic E-state index is 12.8. The fraction of sp³-hybridized carbons (Fsp3) is 0.286. The van der Waals surface area contributed by atoms with Gasteiger partial charge in [-0.05, 0) is 55.2 Å². The summed E-state index contributed by atoms with van der Waals surface area (Å²) in [6.07, 6.45) is 2.43. The smallest absolute Gasteiger partial charge is 0.344 e. The van der Waals surface area contributed by atoms with E-state index < -0.39 is 0 Å². The lowest BCUT2D eigenvalue weighted by atomic mass is 9.97. The van der Waals surface area contributed by atoms with Crippen LogP contribution in [-0.2, 0) is 6.54 Å². The quantitative estimate of drug-likeness (QED) is 0.614. The van der Waals surface area contributed by atoms with E-state index >= 15 is 0 Å². The Kier molecular flexibility index (Phi) is 3.59. The molecule has 5 heteroatoms. The van der Waals surface area contributed by atoms with Gasteiger partial charge in [0.2, 0.25) is 0 Å². The van der Waals surface area contributed by atoms with Crippen molar-refractivity contribution in [1.29, 1.82) is 0 Å². The third-order valence-electron chi connectivity index (χ3n) is 5.34. The van der Waals surface area contributed by atoms with Crippen molar-refractivity contribution in [1.82, 2.24) is 4.90 Å². The minimum atomic E-state index is -0.325. The molecule has 0 spiro atoms. The van der Waals surface area contributed by atoms with Crippen LogP contribution in [0.5, 0.6) is 5.75 Å². The number of nitrogens with zero attached hydrogens (tertiary/aromatic N) is 1. The topological polar surface area (TPSA) is 42.7 Å². The Labute approximate surface area is 155 Å². The summed E-state index contributed by atoms with van der Waals surface area (Å²) in [7, 11) is 0. The van der Waals surface area contributed by atoms with Crippen molar-refractivity contribution in [2.24, 2.45) is 0 Å². The van der Waals surface area contributed by atoms with Crippen molar-refractivity contribution < 1.29 is 9.15 Å². The Balaban J connectivity index is 1.70. The molecule has 26 heavy (non-hydrogen) atoms. The van der Waals surface area contributed by atoms with Crippen LogP contribution in [-0.4, -0.2) is 17.7 Å². The highest BCUT2D eigenvalue weighted by Crippen LogP contribution is 2.38. The number of hydrogen-bond acceptors (Lipinski definition) is 4. The largest absolute Gasteiger partial charge is 0.478 e. The van der Waals surface area contributed by atoms with Gasteiger partial charge in [0.05, 0.1) is 11.1 Å². The van der Waals surface area contributed by atoms with Gasteiger partial charge in [0.25, 0.3) is 0 Å². The molecule has 0 N–H and O–H groups in total. The van der Waals surface area contributed by atoms with Crippen LogP contribution in [0, 0.1) is 6.92 Å². The number of aryl methyl sites for hydroxylation is 1. The number of fused-ring (bicyclic) bond motifs is 3. The van der Waals surface area contributed by atoms with E-state index in [-0.39, 0.29) is 5.63 Å². The second-order valence-electron chi connectivity index (χ2n) is 7.07. The van der Waals surface area contributed by atoms with Crippen molar-refractivity contribution in [3.05, 3.63) is 63.0 Å². The SMILES string of the molecule is Cc1c(-c2ccc(Cl)cc2)c(=O)oc2c3c(ccc12)OCN(C1CC1)C3. The van der Waals surface area contributed by atoms with E-state index in [9.17, 15) is 4.79 Å². The van der Waals surface area contributed by atoms with Gasteiger partial charge in [-0.2, -0.15) is 0 Å². The summed E-state index contributed by atoms with van der Waals surface area (Å²) >= 11 is 5.98. The Hall–Kier alpha value is -2.30. The van der Waals surface area contributed by atoms with Gasteiger partial charge in [0, 0.05) is 23.0 Å². The van der Waals surface area contributed by atoms with Gasteiger partial charge in [0.1, 0.15) is 18.1 Å². The zero-order valence-corrected chi connectivity index (χ0v) is 15.2. The molecule has 1 saturated carbocycles. The summed E-state index contributed by atoms with van der Waals surface area (Å²) < 4.78 is 11.7. The van der Waals surface area contributed by atoms with E-state index in [0.29, 0.717) is 28.9 Å². The molecule has 0 radical (unpaired) electrons. The Morgan fingerprint density at radius 3 is 2.62 bits per heavy atom. The second-order valence-corrected chi connectivity index (χ2v) is 7.50. The van der Waals surface area contributed by atoms with Gasteiger partial charge in [-0.3, -0.25) is 4.90 Å². The molecule has 3 aromatic rings. The summed E-state index contributed by atoms with van der Waals surface area (Å²) in [5, 5.41) is 1.59. The van der Waals surface area contributed by atoms with Gasteiger partial charge in [-0.1, -0.05) is 23.7 Å². The lowest BCUT2D eigenvalue weighted by Gasteiger charge is -2.29. The van der Waals surface area contributed by atoms with Crippen LogP contribution in [0.15, 0.2) is 45.6 Å². The fourth-order valence-electron chi connectivity index (χ4n) is 3.76. The van der Waals surface area contributed by atoms with Crippen LogP contribution in [0.25, 0.3) is 22.1 Å². The first-order valence-corrected chi connectivity index (χ1v) is 9.21. The van der Waals surface area contributed by atoms with E-state index in [1.807, 2.05) is 31.2 Å². The maximum Gasteiger partial charge on any atom is 0.344 e.